The molecule has 0 fully saturated rings. The van der Waals surface area contributed by atoms with Gasteiger partial charge in [-0.2, -0.15) is 9.78 Å². The van der Waals surface area contributed by atoms with Gasteiger partial charge in [-0.1, -0.05) is 56.3 Å². The van der Waals surface area contributed by atoms with Crippen LogP contribution in [0.15, 0.2) is 88.8 Å². The zero-order valence-electron chi connectivity index (χ0n) is 24.2. The molecular weight excluding hydrogens is 641 g/mol. The zero-order valence-corrected chi connectivity index (χ0v) is 26.4. The molecule has 7 nitrogen and oxygen atoms in total. The monoisotopic (exact) mass is 673 g/mol. The minimum atomic E-state index is -0.252. The fourth-order valence-electron chi connectivity index (χ4n) is 4.78. The first-order valence-electron chi connectivity index (χ1n) is 13.6. The SMILES string of the molecule is COc1cc(C)c(-c2nc3ccccc3c(=O)n2N=Cc2cc(I)c(OCc3ccccc3)c(OC)c2)cc1C(C)C. The first-order chi connectivity index (χ1) is 20.3. The molecule has 0 N–H and O–H groups in total. The summed E-state index contributed by atoms with van der Waals surface area (Å²) in [4.78, 5) is 18.7. The van der Waals surface area contributed by atoms with Crippen molar-refractivity contribution in [3.63, 3.8) is 0 Å². The van der Waals surface area contributed by atoms with Crippen LogP contribution in [-0.2, 0) is 6.61 Å². The van der Waals surface area contributed by atoms with Gasteiger partial charge in [0, 0.05) is 5.56 Å². The summed E-state index contributed by atoms with van der Waals surface area (Å²) < 4.78 is 19.7. The predicted molar refractivity (Wildman–Crippen MR) is 176 cm³/mol. The molecule has 42 heavy (non-hydrogen) atoms. The molecule has 0 aliphatic rings. The Morgan fingerprint density at radius 3 is 2.38 bits per heavy atom. The van der Waals surface area contributed by atoms with Crippen molar-refractivity contribution in [1.82, 2.24) is 9.66 Å². The second kappa shape index (κ2) is 12.8. The summed E-state index contributed by atoms with van der Waals surface area (Å²) in [5.41, 5.74) is 4.95. The van der Waals surface area contributed by atoms with Crippen molar-refractivity contribution in [3.8, 4) is 28.6 Å². The molecule has 0 unspecified atom stereocenters. The number of halogens is 1. The number of methoxy groups -OCH3 is 2. The lowest BCUT2D eigenvalue weighted by molar-refractivity contribution is 0.282. The topological polar surface area (TPSA) is 74.9 Å². The van der Waals surface area contributed by atoms with Gasteiger partial charge in [0.15, 0.2) is 17.3 Å². The number of fused-ring (bicyclic) bond motifs is 1. The van der Waals surface area contributed by atoms with E-state index < -0.39 is 0 Å². The van der Waals surface area contributed by atoms with E-state index in [9.17, 15) is 4.79 Å². The molecule has 0 aliphatic carbocycles. The maximum absolute atomic E-state index is 13.8. The summed E-state index contributed by atoms with van der Waals surface area (Å²) in [6, 6.07) is 25.1. The van der Waals surface area contributed by atoms with Gasteiger partial charge in [-0.05, 0) is 94.1 Å². The van der Waals surface area contributed by atoms with E-state index in [1.807, 2.05) is 79.7 Å². The van der Waals surface area contributed by atoms with Crippen LogP contribution in [0.25, 0.3) is 22.3 Å². The third-order valence-corrected chi connectivity index (χ3v) is 7.79. The second-order valence-corrected chi connectivity index (χ2v) is 11.3. The lowest BCUT2D eigenvalue weighted by Gasteiger charge is -2.17. The van der Waals surface area contributed by atoms with Crippen molar-refractivity contribution in [2.75, 3.05) is 14.2 Å². The van der Waals surface area contributed by atoms with Gasteiger partial charge in [-0.25, -0.2) is 4.98 Å². The molecule has 0 radical (unpaired) electrons. The number of ether oxygens (including phenoxy) is 3. The summed E-state index contributed by atoms with van der Waals surface area (Å²) in [5.74, 6) is 2.71. The van der Waals surface area contributed by atoms with E-state index in [0.717, 1.165) is 37.1 Å². The van der Waals surface area contributed by atoms with E-state index in [2.05, 4.69) is 41.5 Å². The number of benzene rings is 4. The molecule has 5 rings (SSSR count). The number of rotatable bonds is 9. The van der Waals surface area contributed by atoms with Crippen LogP contribution in [0.3, 0.4) is 0 Å². The van der Waals surface area contributed by atoms with Gasteiger partial charge in [0.25, 0.3) is 5.56 Å². The maximum atomic E-state index is 13.8. The average Bonchev–Trinajstić information content (AvgIpc) is 3.00. The van der Waals surface area contributed by atoms with Gasteiger partial charge in [0.2, 0.25) is 0 Å². The minimum Gasteiger partial charge on any atom is -0.496 e. The molecule has 4 aromatic carbocycles. The quantitative estimate of drug-likeness (QED) is 0.119. The van der Waals surface area contributed by atoms with E-state index in [1.165, 1.54) is 4.68 Å². The lowest BCUT2D eigenvalue weighted by Crippen LogP contribution is -2.21. The largest absolute Gasteiger partial charge is 0.496 e. The summed E-state index contributed by atoms with van der Waals surface area (Å²) >= 11 is 2.23. The molecule has 0 aliphatic heterocycles. The van der Waals surface area contributed by atoms with Crippen LogP contribution in [0.4, 0.5) is 0 Å². The van der Waals surface area contributed by atoms with Gasteiger partial charge in [-0.15, -0.1) is 0 Å². The van der Waals surface area contributed by atoms with E-state index >= 15 is 0 Å². The molecule has 0 atom stereocenters. The van der Waals surface area contributed by atoms with E-state index in [4.69, 9.17) is 19.2 Å². The fraction of sp³-hybridized carbons (Fsp3) is 0.206. The van der Waals surface area contributed by atoms with Gasteiger partial charge < -0.3 is 14.2 Å². The molecule has 1 heterocycles. The number of hydrogen-bond donors (Lipinski definition) is 0. The molecule has 0 saturated carbocycles. The van der Waals surface area contributed by atoms with Crippen molar-refractivity contribution in [3.05, 3.63) is 115 Å². The molecular formula is C34H32IN3O4. The normalized spacial score (nSPS) is 11.4. The van der Waals surface area contributed by atoms with E-state index in [0.29, 0.717) is 34.8 Å². The van der Waals surface area contributed by atoms with Crippen LogP contribution in [-0.4, -0.2) is 30.1 Å². The highest BCUT2D eigenvalue weighted by Gasteiger charge is 2.19. The lowest BCUT2D eigenvalue weighted by atomic mass is 9.96. The van der Waals surface area contributed by atoms with Gasteiger partial charge in [0.05, 0.1) is 34.9 Å². The zero-order chi connectivity index (χ0) is 29.8. The van der Waals surface area contributed by atoms with Crippen LogP contribution in [0.1, 0.15) is 42.0 Å². The van der Waals surface area contributed by atoms with Crippen LogP contribution in [0.2, 0.25) is 0 Å². The molecule has 5 aromatic rings. The standard InChI is InChI=1S/C34H32IN3O4/c1-21(2)26-18-27(22(3)15-30(26)40-4)33-37-29-14-10-9-13-25(29)34(39)38(33)36-19-24-16-28(35)32(31(17-24)41-5)42-20-23-11-7-6-8-12-23/h6-19,21H,20H2,1-5H3. The Labute approximate surface area is 258 Å². The smallest absolute Gasteiger partial charge is 0.282 e. The third-order valence-electron chi connectivity index (χ3n) is 6.99. The number of aryl methyl sites for hydroxylation is 1. The Morgan fingerprint density at radius 1 is 0.952 bits per heavy atom. The summed E-state index contributed by atoms with van der Waals surface area (Å²) in [6.45, 7) is 6.62. The van der Waals surface area contributed by atoms with Gasteiger partial charge in [0.1, 0.15) is 12.4 Å². The van der Waals surface area contributed by atoms with Crippen LogP contribution < -0.4 is 19.8 Å². The van der Waals surface area contributed by atoms with Crippen molar-refractivity contribution in [2.24, 2.45) is 5.10 Å². The highest BCUT2D eigenvalue weighted by molar-refractivity contribution is 14.1. The van der Waals surface area contributed by atoms with Gasteiger partial charge in [-0.3, -0.25) is 4.79 Å². The van der Waals surface area contributed by atoms with Crippen LogP contribution >= 0.6 is 22.6 Å². The predicted octanol–water partition coefficient (Wildman–Crippen LogP) is 7.58. The summed E-state index contributed by atoms with van der Waals surface area (Å²) in [6.07, 6.45) is 1.65. The number of nitrogens with zero attached hydrogens (tertiary/aromatic N) is 3. The van der Waals surface area contributed by atoms with E-state index in [1.54, 1.807) is 26.5 Å². The first-order valence-corrected chi connectivity index (χ1v) is 14.7. The Bertz CT molecular complexity index is 1830. The second-order valence-electron chi connectivity index (χ2n) is 10.2. The van der Waals surface area contributed by atoms with Crippen molar-refractivity contribution in [2.45, 2.75) is 33.3 Å². The molecule has 0 saturated heterocycles. The third kappa shape index (κ3) is 6.04. The fourth-order valence-corrected chi connectivity index (χ4v) is 5.56. The van der Waals surface area contributed by atoms with Crippen molar-refractivity contribution < 1.29 is 14.2 Å². The Hall–Kier alpha value is -4.18. The van der Waals surface area contributed by atoms with E-state index in [-0.39, 0.29) is 11.5 Å². The molecule has 0 amide bonds. The number of para-hydroxylation sites is 1. The molecule has 0 spiro atoms. The molecule has 8 heteroatoms. The van der Waals surface area contributed by atoms with Crippen molar-refractivity contribution >= 4 is 39.7 Å². The van der Waals surface area contributed by atoms with Crippen molar-refractivity contribution in [1.29, 1.82) is 0 Å². The van der Waals surface area contributed by atoms with Gasteiger partial charge >= 0.3 is 0 Å². The maximum Gasteiger partial charge on any atom is 0.282 e. The average molecular weight is 674 g/mol. The summed E-state index contributed by atoms with van der Waals surface area (Å²) in [7, 11) is 3.28. The first kappa shape index (κ1) is 29.3. The molecule has 214 valence electrons. The summed E-state index contributed by atoms with van der Waals surface area (Å²) in [5, 5.41) is 5.18. The number of hydrogen-bond acceptors (Lipinski definition) is 6. The molecule has 0 bridgehead atoms. The Kier molecular flexibility index (Phi) is 8.91. The van der Waals surface area contributed by atoms with Crippen LogP contribution in [0, 0.1) is 10.5 Å². The van der Waals surface area contributed by atoms with Crippen LogP contribution in [0.5, 0.6) is 17.2 Å². The molecule has 1 aromatic heterocycles. The minimum absolute atomic E-state index is 0.209. The Morgan fingerprint density at radius 2 is 1.67 bits per heavy atom. The highest BCUT2D eigenvalue weighted by Crippen LogP contribution is 2.35. The highest BCUT2D eigenvalue weighted by atomic mass is 127. The Balaban J connectivity index is 1.60. The number of aromatic nitrogens is 2.